The van der Waals surface area contributed by atoms with Crippen LogP contribution in [0.15, 0.2) is 48.5 Å². The maximum atomic E-state index is 14.4. The van der Waals surface area contributed by atoms with E-state index in [9.17, 15) is 14.4 Å². The van der Waals surface area contributed by atoms with E-state index in [-0.39, 0.29) is 42.3 Å². The highest BCUT2D eigenvalue weighted by atomic mass is 16.5. The van der Waals surface area contributed by atoms with Crippen molar-refractivity contribution in [3.63, 3.8) is 0 Å². The van der Waals surface area contributed by atoms with Gasteiger partial charge in [0.15, 0.2) is 0 Å². The largest absolute Gasteiger partial charge is 0.497 e. The number of methoxy groups -OCH3 is 1. The standard InChI is InChI=1S/C34H46N4O5/c1-22(35-2)32(39)37-31(24-12-5-4-6-13-24)34(41)38-21-27(43-26-16-10-15-25(19-26)42-3)20-30(38)33(40)36-29-18-9-14-23-11-7-8-17-28(23)29/h7-8,10-11,15-17,19,22,24,27,29-31,35H,4-6,9,12-14,18,20-21H2,1-3H3,(H,36,40)(H,37,39)/t22-,27-,29-,30-,31-/m0/s1. The number of hydrogen-bond donors (Lipinski definition) is 3. The third kappa shape index (κ3) is 7.32. The first kappa shape index (κ1) is 30.9. The molecule has 0 bridgehead atoms. The van der Waals surface area contributed by atoms with E-state index >= 15 is 0 Å². The molecule has 1 saturated heterocycles. The maximum absolute atomic E-state index is 14.4. The fraction of sp³-hybridized carbons (Fsp3) is 0.559. The summed E-state index contributed by atoms with van der Waals surface area (Å²) in [5.74, 6) is 0.733. The number of amides is 3. The Morgan fingerprint density at radius 1 is 0.953 bits per heavy atom. The van der Waals surface area contributed by atoms with Gasteiger partial charge in [-0.2, -0.15) is 0 Å². The summed E-state index contributed by atoms with van der Waals surface area (Å²) in [7, 11) is 3.33. The molecule has 0 aromatic heterocycles. The number of likely N-dealkylation sites (N-methyl/N-ethyl adjacent to an activating group) is 1. The highest BCUT2D eigenvalue weighted by Crippen LogP contribution is 2.33. The lowest BCUT2D eigenvalue weighted by Gasteiger charge is -2.35. The van der Waals surface area contributed by atoms with Crippen molar-refractivity contribution in [1.29, 1.82) is 0 Å². The van der Waals surface area contributed by atoms with Gasteiger partial charge < -0.3 is 30.3 Å². The second kappa shape index (κ2) is 14.3. The van der Waals surface area contributed by atoms with Gasteiger partial charge in [-0.15, -0.1) is 0 Å². The fourth-order valence-electron chi connectivity index (χ4n) is 6.85. The molecule has 1 heterocycles. The van der Waals surface area contributed by atoms with Crippen molar-refractivity contribution >= 4 is 17.7 Å². The Balaban J connectivity index is 1.40. The van der Waals surface area contributed by atoms with Crippen LogP contribution in [0.2, 0.25) is 0 Å². The van der Waals surface area contributed by atoms with Crippen molar-refractivity contribution in [3.8, 4) is 11.5 Å². The van der Waals surface area contributed by atoms with Gasteiger partial charge in [-0.1, -0.05) is 49.6 Å². The minimum Gasteiger partial charge on any atom is -0.497 e. The third-order valence-corrected chi connectivity index (χ3v) is 9.39. The normalized spacial score (nSPS) is 23.5. The minimum atomic E-state index is -0.707. The Morgan fingerprint density at radius 2 is 1.72 bits per heavy atom. The molecule has 5 atom stereocenters. The third-order valence-electron chi connectivity index (χ3n) is 9.39. The SMILES string of the molecule is CN[C@@H](C)C(=O)N[C@H](C(=O)N1C[C@@H](Oc2cccc(OC)c2)C[C@H]1C(=O)N[C@H]1CCCc2ccccc21)C1CCCCC1. The summed E-state index contributed by atoms with van der Waals surface area (Å²) in [5, 5.41) is 9.33. The van der Waals surface area contributed by atoms with Crippen molar-refractivity contribution in [3.05, 3.63) is 59.7 Å². The summed E-state index contributed by atoms with van der Waals surface area (Å²) in [4.78, 5) is 43.2. The zero-order valence-corrected chi connectivity index (χ0v) is 25.6. The summed E-state index contributed by atoms with van der Waals surface area (Å²) in [6.45, 7) is 2.04. The van der Waals surface area contributed by atoms with Crippen LogP contribution in [0.4, 0.5) is 0 Å². The quantitative estimate of drug-likeness (QED) is 0.387. The van der Waals surface area contributed by atoms with Gasteiger partial charge in [0.2, 0.25) is 17.7 Å². The predicted molar refractivity (Wildman–Crippen MR) is 165 cm³/mol. The number of carbonyl (C=O) groups is 3. The molecule has 43 heavy (non-hydrogen) atoms. The number of nitrogens with one attached hydrogen (secondary N) is 3. The van der Waals surface area contributed by atoms with Crippen molar-refractivity contribution < 1.29 is 23.9 Å². The van der Waals surface area contributed by atoms with Gasteiger partial charge in [-0.25, -0.2) is 0 Å². The van der Waals surface area contributed by atoms with E-state index in [1.165, 1.54) is 5.56 Å². The van der Waals surface area contributed by atoms with Crippen LogP contribution >= 0.6 is 0 Å². The molecular formula is C34H46N4O5. The van der Waals surface area contributed by atoms with Crippen molar-refractivity contribution in [2.45, 2.75) is 95.0 Å². The first-order valence-electron chi connectivity index (χ1n) is 15.8. The Morgan fingerprint density at radius 3 is 2.49 bits per heavy atom. The Bertz CT molecular complexity index is 1280. The molecule has 2 aliphatic carbocycles. The van der Waals surface area contributed by atoms with Gasteiger partial charge in [0, 0.05) is 12.5 Å². The van der Waals surface area contributed by atoms with E-state index in [0.717, 1.165) is 56.9 Å². The first-order chi connectivity index (χ1) is 20.9. The molecule has 2 fully saturated rings. The number of carbonyl (C=O) groups excluding carboxylic acids is 3. The Labute approximate surface area is 255 Å². The smallest absolute Gasteiger partial charge is 0.246 e. The number of fused-ring (bicyclic) bond motifs is 1. The van der Waals surface area contributed by atoms with Gasteiger partial charge in [0.05, 0.1) is 25.7 Å². The van der Waals surface area contributed by atoms with Crippen molar-refractivity contribution in [2.24, 2.45) is 5.92 Å². The predicted octanol–water partition coefficient (Wildman–Crippen LogP) is 3.91. The molecule has 9 heteroatoms. The number of nitrogens with zero attached hydrogens (tertiary/aromatic N) is 1. The van der Waals surface area contributed by atoms with Gasteiger partial charge in [-0.05, 0) is 75.3 Å². The zero-order valence-electron chi connectivity index (χ0n) is 25.6. The summed E-state index contributed by atoms with van der Waals surface area (Å²) >= 11 is 0. The lowest BCUT2D eigenvalue weighted by molar-refractivity contribution is -0.143. The van der Waals surface area contributed by atoms with Crippen LogP contribution in [0, 0.1) is 5.92 Å². The van der Waals surface area contributed by atoms with E-state index < -0.39 is 18.1 Å². The molecule has 3 N–H and O–H groups in total. The van der Waals surface area contributed by atoms with Crippen LogP contribution in [0.1, 0.15) is 75.5 Å². The topological polar surface area (TPSA) is 109 Å². The molecule has 3 aliphatic rings. The second-order valence-electron chi connectivity index (χ2n) is 12.2. The van der Waals surface area contributed by atoms with E-state index in [0.29, 0.717) is 17.9 Å². The number of hydrogen-bond acceptors (Lipinski definition) is 6. The molecular weight excluding hydrogens is 544 g/mol. The molecule has 0 spiro atoms. The lowest BCUT2D eigenvalue weighted by atomic mass is 9.83. The van der Waals surface area contributed by atoms with E-state index in [1.54, 1.807) is 26.0 Å². The number of rotatable bonds is 10. The van der Waals surface area contributed by atoms with Gasteiger partial charge in [-0.3, -0.25) is 14.4 Å². The van der Waals surface area contributed by atoms with Crippen LogP contribution in [0.25, 0.3) is 0 Å². The molecule has 1 aliphatic heterocycles. The Kier molecular flexibility index (Phi) is 10.2. The van der Waals surface area contributed by atoms with Crippen LogP contribution in [-0.2, 0) is 20.8 Å². The van der Waals surface area contributed by atoms with Crippen molar-refractivity contribution in [1.82, 2.24) is 20.9 Å². The second-order valence-corrected chi connectivity index (χ2v) is 12.2. The highest BCUT2D eigenvalue weighted by Gasteiger charge is 2.45. The Hall–Kier alpha value is -3.59. The molecule has 0 radical (unpaired) electrons. The van der Waals surface area contributed by atoms with Crippen LogP contribution in [-0.4, -0.2) is 67.6 Å². The average molecular weight is 591 g/mol. The lowest BCUT2D eigenvalue weighted by Crippen LogP contribution is -2.58. The van der Waals surface area contributed by atoms with Gasteiger partial charge in [0.1, 0.15) is 29.7 Å². The summed E-state index contributed by atoms with van der Waals surface area (Å²) in [5.41, 5.74) is 2.41. The summed E-state index contributed by atoms with van der Waals surface area (Å²) in [6, 6.07) is 13.7. The van der Waals surface area contributed by atoms with Crippen LogP contribution in [0.5, 0.6) is 11.5 Å². The molecule has 1 saturated carbocycles. The van der Waals surface area contributed by atoms with Crippen LogP contribution in [0.3, 0.4) is 0 Å². The average Bonchev–Trinajstić information content (AvgIpc) is 3.47. The monoisotopic (exact) mass is 590 g/mol. The summed E-state index contributed by atoms with van der Waals surface area (Å²) < 4.78 is 11.7. The summed E-state index contributed by atoms with van der Waals surface area (Å²) in [6.07, 6.45) is 7.76. The highest BCUT2D eigenvalue weighted by molar-refractivity contribution is 5.94. The minimum absolute atomic E-state index is 0.0292. The molecule has 232 valence electrons. The fourth-order valence-corrected chi connectivity index (χ4v) is 6.85. The first-order valence-corrected chi connectivity index (χ1v) is 15.8. The molecule has 5 rings (SSSR count). The van der Waals surface area contributed by atoms with Crippen molar-refractivity contribution in [2.75, 3.05) is 20.7 Å². The van der Waals surface area contributed by atoms with E-state index in [1.807, 2.05) is 36.4 Å². The molecule has 9 nitrogen and oxygen atoms in total. The van der Waals surface area contributed by atoms with Gasteiger partial charge >= 0.3 is 0 Å². The number of aryl methyl sites for hydroxylation is 1. The van der Waals surface area contributed by atoms with E-state index in [2.05, 4.69) is 28.1 Å². The van der Waals surface area contributed by atoms with Gasteiger partial charge in [0.25, 0.3) is 0 Å². The molecule has 2 aromatic carbocycles. The maximum Gasteiger partial charge on any atom is 0.246 e. The molecule has 3 amide bonds. The molecule has 0 unspecified atom stereocenters. The number of ether oxygens (including phenoxy) is 2. The van der Waals surface area contributed by atoms with Crippen LogP contribution < -0.4 is 25.4 Å². The number of benzene rings is 2. The van der Waals surface area contributed by atoms with E-state index in [4.69, 9.17) is 9.47 Å². The zero-order chi connectivity index (χ0) is 30.3. The molecule has 2 aromatic rings. The number of likely N-dealkylation sites (tertiary alicyclic amines) is 1.